The van der Waals surface area contributed by atoms with Gasteiger partial charge in [0.1, 0.15) is 5.69 Å². The first kappa shape index (κ1) is 13.0. The number of carbonyl (C=O) groups is 1. The molecule has 20 heavy (non-hydrogen) atoms. The second-order valence-electron chi connectivity index (χ2n) is 5.49. The number of likely N-dealkylation sites (tertiary alicyclic amines) is 1. The van der Waals surface area contributed by atoms with Gasteiger partial charge in [-0.3, -0.25) is 9.48 Å². The van der Waals surface area contributed by atoms with Gasteiger partial charge in [-0.2, -0.15) is 5.10 Å². The molecule has 0 aliphatic carbocycles. The van der Waals surface area contributed by atoms with Gasteiger partial charge in [0.2, 0.25) is 0 Å². The fourth-order valence-corrected chi connectivity index (χ4v) is 2.97. The minimum absolute atomic E-state index is 0.0963. The van der Waals surface area contributed by atoms with E-state index in [1.807, 2.05) is 28.6 Å². The number of H-pyrrole nitrogens is 1. The molecular weight excluding hydrogens is 252 g/mol. The summed E-state index contributed by atoms with van der Waals surface area (Å²) in [7, 11) is 0. The van der Waals surface area contributed by atoms with Crippen LogP contribution in [0.4, 0.5) is 0 Å². The van der Waals surface area contributed by atoms with Crippen LogP contribution in [-0.4, -0.2) is 38.2 Å². The zero-order valence-electron chi connectivity index (χ0n) is 12.0. The molecule has 1 N–H and O–H groups in total. The lowest BCUT2D eigenvalue weighted by molar-refractivity contribution is 0.0716. The topological polar surface area (TPSA) is 53.9 Å². The number of aromatic amines is 1. The van der Waals surface area contributed by atoms with E-state index in [0.717, 1.165) is 37.3 Å². The Kier molecular flexibility index (Phi) is 3.34. The summed E-state index contributed by atoms with van der Waals surface area (Å²) < 4.78 is 2.01. The van der Waals surface area contributed by atoms with Gasteiger partial charge in [0, 0.05) is 18.4 Å². The van der Waals surface area contributed by atoms with Crippen molar-refractivity contribution in [1.82, 2.24) is 19.7 Å². The number of nitrogens with one attached hydrogen (secondary N) is 1. The second-order valence-corrected chi connectivity index (χ2v) is 5.49. The van der Waals surface area contributed by atoms with Crippen molar-refractivity contribution in [1.29, 1.82) is 0 Å². The van der Waals surface area contributed by atoms with Gasteiger partial charge in [-0.1, -0.05) is 0 Å². The van der Waals surface area contributed by atoms with E-state index >= 15 is 0 Å². The van der Waals surface area contributed by atoms with Crippen molar-refractivity contribution in [2.75, 3.05) is 6.54 Å². The second kappa shape index (κ2) is 5.15. The number of aryl methyl sites for hydroxylation is 2. The standard InChI is InChI=1S/C15H20N4O/c1-11-9-12(2)19(17-11)10-13-5-4-8-18(13)15(20)14-6-3-7-16-14/h3,6-7,9,13,16H,4-5,8,10H2,1-2H3. The summed E-state index contributed by atoms with van der Waals surface area (Å²) in [5, 5.41) is 4.50. The molecular formula is C15H20N4O. The van der Waals surface area contributed by atoms with E-state index in [-0.39, 0.29) is 11.9 Å². The van der Waals surface area contributed by atoms with Crippen molar-refractivity contribution in [3.63, 3.8) is 0 Å². The van der Waals surface area contributed by atoms with Crippen LogP contribution in [0.2, 0.25) is 0 Å². The highest BCUT2D eigenvalue weighted by Crippen LogP contribution is 2.21. The summed E-state index contributed by atoms with van der Waals surface area (Å²) in [5.41, 5.74) is 2.86. The Labute approximate surface area is 118 Å². The summed E-state index contributed by atoms with van der Waals surface area (Å²) in [6.45, 7) is 5.68. The van der Waals surface area contributed by atoms with Crippen molar-refractivity contribution in [3.05, 3.63) is 41.5 Å². The summed E-state index contributed by atoms with van der Waals surface area (Å²) in [6, 6.07) is 6.01. The maximum atomic E-state index is 12.5. The SMILES string of the molecule is Cc1cc(C)n(CC2CCCN2C(=O)c2ccc[nH]2)n1. The third-order valence-electron chi connectivity index (χ3n) is 3.95. The molecule has 3 heterocycles. The molecule has 106 valence electrons. The van der Waals surface area contributed by atoms with Crippen LogP contribution in [0.25, 0.3) is 0 Å². The predicted molar refractivity (Wildman–Crippen MR) is 76.6 cm³/mol. The van der Waals surface area contributed by atoms with Crippen LogP contribution in [-0.2, 0) is 6.54 Å². The van der Waals surface area contributed by atoms with Crippen molar-refractivity contribution >= 4 is 5.91 Å². The van der Waals surface area contributed by atoms with Crippen LogP contribution >= 0.6 is 0 Å². The van der Waals surface area contributed by atoms with E-state index in [4.69, 9.17) is 0 Å². The largest absolute Gasteiger partial charge is 0.357 e. The smallest absolute Gasteiger partial charge is 0.270 e. The molecule has 0 radical (unpaired) electrons. The highest BCUT2D eigenvalue weighted by molar-refractivity contribution is 5.92. The monoisotopic (exact) mass is 272 g/mol. The van der Waals surface area contributed by atoms with E-state index in [1.165, 1.54) is 0 Å². The zero-order valence-corrected chi connectivity index (χ0v) is 12.0. The molecule has 1 atom stereocenters. The predicted octanol–water partition coefficient (Wildman–Crippen LogP) is 2.13. The zero-order chi connectivity index (χ0) is 14.1. The molecule has 1 amide bonds. The molecule has 5 nitrogen and oxygen atoms in total. The fourth-order valence-electron chi connectivity index (χ4n) is 2.97. The van der Waals surface area contributed by atoms with Crippen LogP contribution in [0, 0.1) is 13.8 Å². The molecule has 1 aliphatic heterocycles. The lowest BCUT2D eigenvalue weighted by atomic mass is 10.2. The maximum Gasteiger partial charge on any atom is 0.270 e. The fraction of sp³-hybridized carbons (Fsp3) is 0.467. The van der Waals surface area contributed by atoms with Crippen LogP contribution in [0.5, 0.6) is 0 Å². The molecule has 2 aromatic rings. The maximum absolute atomic E-state index is 12.5. The Morgan fingerprint density at radius 2 is 2.35 bits per heavy atom. The van der Waals surface area contributed by atoms with Crippen molar-refractivity contribution in [3.8, 4) is 0 Å². The number of hydrogen-bond donors (Lipinski definition) is 1. The van der Waals surface area contributed by atoms with Gasteiger partial charge < -0.3 is 9.88 Å². The Hall–Kier alpha value is -2.04. The molecule has 1 fully saturated rings. The Bertz CT molecular complexity index is 599. The third kappa shape index (κ3) is 2.35. The van der Waals surface area contributed by atoms with E-state index in [1.54, 1.807) is 6.20 Å². The van der Waals surface area contributed by atoms with E-state index in [9.17, 15) is 4.79 Å². The number of aromatic nitrogens is 3. The Morgan fingerprint density at radius 1 is 1.50 bits per heavy atom. The lowest BCUT2D eigenvalue weighted by Crippen LogP contribution is -2.38. The van der Waals surface area contributed by atoms with Crippen molar-refractivity contribution in [2.24, 2.45) is 0 Å². The van der Waals surface area contributed by atoms with Crippen LogP contribution in [0.15, 0.2) is 24.4 Å². The van der Waals surface area contributed by atoms with Gasteiger partial charge in [0.25, 0.3) is 5.91 Å². The minimum atomic E-state index is 0.0963. The molecule has 0 bridgehead atoms. The average molecular weight is 272 g/mol. The number of hydrogen-bond acceptors (Lipinski definition) is 2. The van der Waals surface area contributed by atoms with Gasteiger partial charge in [0.15, 0.2) is 0 Å². The van der Waals surface area contributed by atoms with Gasteiger partial charge in [-0.05, 0) is 44.9 Å². The Balaban J connectivity index is 1.76. The van der Waals surface area contributed by atoms with Crippen LogP contribution in [0.3, 0.4) is 0 Å². The third-order valence-corrected chi connectivity index (χ3v) is 3.95. The number of rotatable bonds is 3. The van der Waals surface area contributed by atoms with Gasteiger partial charge in [-0.15, -0.1) is 0 Å². The first-order valence-corrected chi connectivity index (χ1v) is 7.10. The quantitative estimate of drug-likeness (QED) is 0.930. The normalized spacial score (nSPS) is 18.7. The molecule has 1 unspecified atom stereocenters. The van der Waals surface area contributed by atoms with E-state index in [0.29, 0.717) is 5.69 Å². The van der Waals surface area contributed by atoms with E-state index in [2.05, 4.69) is 23.1 Å². The van der Waals surface area contributed by atoms with Crippen molar-refractivity contribution in [2.45, 2.75) is 39.3 Å². The highest BCUT2D eigenvalue weighted by Gasteiger charge is 2.30. The molecule has 0 saturated carbocycles. The first-order valence-electron chi connectivity index (χ1n) is 7.10. The van der Waals surface area contributed by atoms with Gasteiger partial charge >= 0.3 is 0 Å². The molecule has 5 heteroatoms. The summed E-state index contributed by atoms with van der Waals surface area (Å²) in [5.74, 6) is 0.0963. The molecule has 1 saturated heterocycles. The summed E-state index contributed by atoms with van der Waals surface area (Å²) in [4.78, 5) is 17.4. The van der Waals surface area contributed by atoms with E-state index < -0.39 is 0 Å². The van der Waals surface area contributed by atoms with Crippen molar-refractivity contribution < 1.29 is 4.79 Å². The van der Waals surface area contributed by atoms with Crippen LogP contribution < -0.4 is 0 Å². The summed E-state index contributed by atoms with van der Waals surface area (Å²) >= 11 is 0. The Morgan fingerprint density at radius 3 is 3.00 bits per heavy atom. The van der Waals surface area contributed by atoms with Crippen LogP contribution in [0.1, 0.15) is 34.7 Å². The first-order chi connectivity index (χ1) is 9.65. The number of nitrogens with zero attached hydrogens (tertiary/aromatic N) is 3. The molecule has 0 spiro atoms. The molecule has 3 rings (SSSR count). The average Bonchev–Trinajstić information content (AvgIpc) is 3.12. The molecule has 0 aromatic carbocycles. The molecule has 1 aliphatic rings. The summed E-state index contributed by atoms with van der Waals surface area (Å²) in [6.07, 6.45) is 3.90. The minimum Gasteiger partial charge on any atom is -0.357 e. The lowest BCUT2D eigenvalue weighted by Gasteiger charge is -2.24. The number of amides is 1. The van der Waals surface area contributed by atoms with Gasteiger partial charge in [-0.25, -0.2) is 0 Å². The molecule has 2 aromatic heterocycles. The van der Waals surface area contributed by atoms with Gasteiger partial charge in [0.05, 0.1) is 18.3 Å². The number of carbonyl (C=O) groups excluding carboxylic acids is 1. The highest BCUT2D eigenvalue weighted by atomic mass is 16.2.